The van der Waals surface area contributed by atoms with Gasteiger partial charge in [0, 0.05) is 0 Å². The molecule has 1 aromatic rings. The summed E-state index contributed by atoms with van der Waals surface area (Å²) in [5.74, 6) is 0. The minimum atomic E-state index is 0. The van der Waals surface area contributed by atoms with Crippen molar-refractivity contribution in [3.63, 3.8) is 0 Å². The summed E-state index contributed by atoms with van der Waals surface area (Å²) < 4.78 is 0. The van der Waals surface area contributed by atoms with E-state index in [1.54, 1.807) is 0 Å². The molecule has 0 saturated carbocycles. The van der Waals surface area contributed by atoms with Crippen molar-refractivity contribution in [1.29, 1.82) is 0 Å². The van der Waals surface area contributed by atoms with E-state index < -0.39 is 0 Å². The Morgan fingerprint density at radius 2 is 1.50 bits per heavy atom. The first-order valence-corrected chi connectivity index (χ1v) is 6.92. The zero-order chi connectivity index (χ0) is 13.0. The summed E-state index contributed by atoms with van der Waals surface area (Å²) in [5, 5.41) is 0. The summed E-state index contributed by atoms with van der Waals surface area (Å²) in [5.41, 5.74) is 0.542. The van der Waals surface area contributed by atoms with Gasteiger partial charge in [0.15, 0.2) is 0 Å². The first-order valence-electron chi connectivity index (χ1n) is 6.92. The molecule has 2 rings (SSSR count). The third-order valence-corrected chi connectivity index (χ3v) is 3.07. The summed E-state index contributed by atoms with van der Waals surface area (Å²) in [6.45, 7) is 8.79. The van der Waals surface area contributed by atoms with E-state index in [1.165, 1.54) is 25.7 Å². The van der Waals surface area contributed by atoms with Gasteiger partial charge in [0.05, 0.1) is 0 Å². The summed E-state index contributed by atoms with van der Waals surface area (Å²) in [6.07, 6.45) is 11.9. The number of rotatable bonds is 2. The van der Waals surface area contributed by atoms with Crippen molar-refractivity contribution in [1.82, 2.24) is 0 Å². The molecule has 0 atom stereocenters. The Labute approximate surface area is 125 Å². The topological polar surface area (TPSA) is 0 Å². The van der Waals surface area contributed by atoms with Crippen molar-refractivity contribution >= 4 is 0 Å². The standard InChI is InChI=1S/C9H15.C5H5.C3H8.Fe/c1-3-9(4-2)7-5-6-8-9;1-2-4-5-3-1;1-3-2;/h5-7H,3-4,8H2,1-2H3;1-5H;3H2,1-2H3;/q2*-1;;+2. The molecule has 0 aliphatic heterocycles. The average molecular weight is 288 g/mol. The van der Waals surface area contributed by atoms with Gasteiger partial charge < -0.3 is 0 Å². The van der Waals surface area contributed by atoms with Crippen LogP contribution in [0.2, 0.25) is 0 Å². The van der Waals surface area contributed by atoms with Gasteiger partial charge in [-0.3, -0.25) is 0 Å². The van der Waals surface area contributed by atoms with Gasteiger partial charge in [-0.05, 0) is 0 Å². The van der Waals surface area contributed by atoms with Crippen molar-refractivity contribution in [2.75, 3.05) is 0 Å². The molecule has 0 N–H and O–H groups in total. The second-order valence-corrected chi connectivity index (χ2v) is 4.54. The first-order chi connectivity index (χ1) is 8.24. The van der Waals surface area contributed by atoms with Crippen LogP contribution in [0.5, 0.6) is 0 Å². The molecule has 0 bridgehead atoms. The average Bonchev–Trinajstić information content (AvgIpc) is 3.05. The predicted molar refractivity (Wildman–Crippen MR) is 79.1 cm³/mol. The molecule has 0 nitrogen and oxygen atoms in total. The van der Waals surface area contributed by atoms with Gasteiger partial charge >= 0.3 is 17.1 Å². The Bertz CT molecular complexity index is 238. The molecule has 18 heavy (non-hydrogen) atoms. The van der Waals surface area contributed by atoms with Crippen LogP contribution >= 0.6 is 0 Å². The molecule has 0 unspecified atom stereocenters. The van der Waals surface area contributed by atoms with E-state index in [4.69, 9.17) is 0 Å². The van der Waals surface area contributed by atoms with Crippen molar-refractivity contribution in [2.45, 2.75) is 53.4 Å². The van der Waals surface area contributed by atoms with Crippen LogP contribution in [0.3, 0.4) is 0 Å². The molecule has 0 saturated heterocycles. The minimum Gasteiger partial charge on any atom is -0.231 e. The summed E-state index contributed by atoms with van der Waals surface area (Å²) in [4.78, 5) is 0. The van der Waals surface area contributed by atoms with Crippen LogP contribution in [0.4, 0.5) is 0 Å². The Morgan fingerprint density at radius 1 is 1.00 bits per heavy atom. The van der Waals surface area contributed by atoms with Gasteiger partial charge in [-0.1, -0.05) is 52.4 Å². The third-order valence-electron chi connectivity index (χ3n) is 3.07. The second-order valence-electron chi connectivity index (χ2n) is 4.54. The molecule has 1 aliphatic rings. The van der Waals surface area contributed by atoms with Crippen LogP contribution in [0.25, 0.3) is 0 Å². The maximum atomic E-state index is 2.35. The fraction of sp³-hybridized carbons (Fsp3) is 0.529. The monoisotopic (exact) mass is 288 g/mol. The van der Waals surface area contributed by atoms with Crippen molar-refractivity contribution in [2.24, 2.45) is 5.41 Å². The van der Waals surface area contributed by atoms with Gasteiger partial charge in [0.25, 0.3) is 0 Å². The van der Waals surface area contributed by atoms with Crippen LogP contribution in [0, 0.1) is 11.8 Å². The van der Waals surface area contributed by atoms with Gasteiger partial charge in [-0.15, -0.1) is 6.42 Å². The van der Waals surface area contributed by atoms with Crippen LogP contribution in [-0.4, -0.2) is 0 Å². The van der Waals surface area contributed by atoms with Crippen LogP contribution in [0.15, 0.2) is 42.5 Å². The molecule has 0 heterocycles. The maximum absolute atomic E-state index is 2.35. The predicted octanol–water partition coefficient (Wildman–Crippen LogP) is 5.78. The molecular weight excluding hydrogens is 260 g/mol. The zero-order valence-corrected chi connectivity index (χ0v) is 13.4. The van der Waals surface area contributed by atoms with E-state index in [0.717, 1.165) is 0 Å². The van der Waals surface area contributed by atoms with Crippen molar-refractivity contribution in [3.8, 4) is 0 Å². The molecule has 0 spiro atoms. The van der Waals surface area contributed by atoms with Gasteiger partial charge in [0.1, 0.15) is 0 Å². The molecule has 1 aliphatic carbocycles. The molecule has 0 aromatic heterocycles. The Morgan fingerprint density at radius 3 is 1.67 bits per heavy atom. The largest absolute Gasteiger partial charge is 2.00 e. The maximum Gasteiger partial charge on any atom is 2.00 e. The fourth-order valence-corrected chi connectivity index (χ4v) is 1.74. The third kappa shape index (κ3) is 8.55. The fourth-order valence-electron chi connectivity index (χ4n) is 1.74. The van der Waals surface area contributed by atoms with Gasteiger partial charge in [0.2, 0.25) is 0 Å². The van der Waals surface area contributed by atoms with E-state index in [0.29, 0.717) is 5.41 Å². The molecule has 1 aromatic carbocycles. The van der Waals surface area contributed by atoms with Gasteiger partial charge in [-0.25, -0.2) is 30.7 Å². The summed E-state index contributed by atoms with van der Waals surface area (Å²) >= 11 is 0. The quantitative estimate of drug-likeness (QED) is 0.478. The van der Waals surface area contributed by atoms with E-state index in [2.05, 4.69) is 46.3 Å². The smallest absolute Gasteiger partial charge is 0.231 e. The number of hydrogen-bond acceptors (Lipinski definition) is 0. The Balaban J connectivity index is 0. The first kappa shape index (κ1) is 19.8. The Kier molecular flexibility index (Phi) is 14.2. The van der Waals surface area contributed by atoms with E-state index in [1.807, 2.05) is 30.3 Å². The van der Waals surface area contributed by atoms with Crippen molar-refractivity contribution in [3.05, 3.63) is 48.9 Å². The Hall–Kier alpha value is -0.521. The molecule has 0 radical (unpaired) electrons. The van der Waals surface area contributed by atoms with Crippen LogP contribution in [-0.2, 0) is 17.1 Å². The summed E-state index contributed by atoms with van der Waals surface area (Å²) in [7, 11) is 0. The molecule has 0 fully saturated rings. The van der Waals surface area contributed by atoms with Crippen LogP contribution < -0.4 is 0 Å². The SMILES string of the molecule is CCC.CCC1(CC)C=C[CH-]C1.[Fe+2].c1cc[cH-]c1. The second kappa shape index (κ2) is 12.9. The summed E-state index contributed by atoms with van der Waals surface area (Å²) in [6, 6.07) is 10.0. The van der Waals surface area contributed by atoms with E-state index >= 15 is 0 Å². The normalized spacial score (nSPS) is 14.2. The zero-order valence-electron chi connectivity index (χ0n) is 12.3. The minimum absolute atomic E-state index is 0. The van der Waals surface area contributed by atoms with Crippen molar-refractivity contribution < 1.29 is 17.1 Å². The number of hydrogen-bond donors (Lipinski definition) is 0. The van der Waals surface area contributed by atoms with Gasteiger partial charge in [-0.2, -0.15) is 18.2 Å². The molecule has 1 heteroatoms. The van der Waals surface area contributed by atoms with E-state index in [9.17, 15) is 0 Å². The van der Waals surface area contributed by atoms with Crippen LogP contribution in [0.1, 0.15) is 53.4 Å². The number of allylic oxidation sites excluding steroid dienone is 2. The molecular formula is C17H28Fe. The van der Waals surface area contributed by atoms with E-state index in [-0.39, 0.29) is 17.1 Å². The molecule has 0 amide bonds. The molecule has 104 valence electrons.